The summed E-state index contributed by atoms with van der Waals surface area (Å²) in [4.78, 5) is 11.2. The van der Waals surface area contributed by atoms with E-state index in [1.807, 2.05) is 13.0 Å². The normalized spacial score (nSPS) is 18.6. The molecule has 1 aromatic rings. The van der Waals surface area contributed by atoms with E-state index in [0.29, 0.717) is 6.04 Å². The monoisotopic (exact) mass is 263 g/mol. The summed E-state index contributed by atoms with van der Waals surface area (Å²) in [6.07, 6.45) is 3.64. The Balaban J connectivity index is 2.02. The maximum Gasteiger partial charge on any atom is 0.134 e. The number of anilines is 2. The van der Waals surface area contributed by atoms with Gasteiger partial charge in [0.05, 0.1) is 0 Å². The predicted octanol–water partition coefficient (Wildman–Crippen LogP) is 1.80. The zero-order valence-corrected chi connectivity index (χ0v) is 12.2. The molecule has 106 valence electrons. The van der Waals surface area contributed by atoms with Crippen LogP contribution in [0.5, 0.6) is 0 Å². The summed E-state index contributed by atoms with van der Waals surface area (Å²) in [5, 5.41) is 6.85. The lowest BCUT2D eigenvalue weighted by molar-refractivity contribution is 0.597. The largest absolute Gasteiger partial charge is 0.370 e. The van der Waals surface area contributed by atoms with Gasteiger partial charge in [-0.2, -0.15) is 0 Å². The Labute approximate surface area is 115 Å². The van der Waals surface area contributed by atoms with Crippen LogP contribution in [0.4, 0.5) is 11.6 Å². The number of likely N-dealkylation sites (N-methyl/N-ethyl adjacent to an activating group) is 1. The van der Waals surface area contributed by atoms with Crippen molar-refractivity contribution in [2.45, 2.75) is 39.2 Å². The van der Waals surface area contributed by atoms with Gasteiger partial charge in [-0.1, -0.05) is 6.92 Å². The highest BCUT2D eigenvalue weighted by Crippen LogP contribution is 2.16. The molecule has 0 amide bonds. The Hall–Kier alpha value is -1.36. The van der Waals surface area contributed by atoms with Crippen molar-refractivity contribution < 1.29 is 0 Å². The van der Waals surface area contributed by atoms with E-state index in [4.69, 9.17) is 0 Å². The molecule has 1 fully saturated rings. The van der Waals surface area contributed by atoms with Crippen LogP contribution in [0.1, 0.15) is 32.0 Å². The fourth-order valence-electron chi connectivity index (χ4n) is 2.43. The molecule has 1 atom stereocenters. The molecule has 0 aromatic carbocycles. The maximum atomic E-state index is 4.53. The van der Waals surface area contributed by atoms with Crippen LogP contribution in [0.15, 0.2) is 6.07 Å². The van der Waals surface area contributed by atoms with Crippen LogP contribution in [-0.4, -0.2) is 42.7 Å². The summed E-state index contributed by atoms with van der Waals surface area (Å²) < 4.78 is 0. The van der Waals surface area contributed by atoms with E-state index in [9.17, 15) is 0 Å². The quantitative estimate of drug-likeness (QED) is 0.819. The molecule has 1 unspecified atom stereocenters. The van der Waals surface area contributed by atoms with Crippen LogP contribution in [-0.2, 0) is 0 Å². The molecule has 19 heavy (non-hydrogen) atoms. The van der Waals surface area contributed by atoms with E-state index < -0.39 is 0 Å². The van der Waals surface area contributed by atoms with Gasteiger partial charge in [0.25, 0.3) is 0 Å². The van der Waals surface area contributed by atoms with Crippen LogP contribution in [0, 0.1) is 6.92 Å². The van der Waals surface area contributed by atoms with Gasteiger partial charge in [0.2, 0.25) is 0 Å². The lowest BCUT2D eigenvalue weighted by atomic mass is 10.2. The molecule has 1 aromatic heterocycles. The molecule has 0 aliphatic carbocycles. The Morgan fingerprint density at radius 1 is 1.47 bits per heavy atom. The van der Waals surface area contributed by atoms with Crippen molar-refractivity contribution in [3.63, 3.8) is 0 Å². The Bertz CT molecular complexity index is 401. The summed E-state index contributed by atoms with van der Waals surface area (Å²) in [7, 11) is 2.10. The van der Waals surface area contributed by atoms with E-state index in [0.717, 1.165) is 43.5 Å². The average Bonchev–Trinajstić information content (AvgIpc) is 2.88. The van der Waals surface area contributed by atoms with Gasteiger partial charge in [0.1, 0.15) is 17.5 Å². The first-order chi connectivity index (χ1) is 9.19. The van der Waals surface area contributed by atoms with Gasteiger partial charge in [-0.05, 0) is 32.7 Å². The van der Waals surface area contributed by atoms with E-state index in [2.05, 4.69) is 39.5 Å². The molecular formula is C14H25N5. The molecule has 2 rings (SSSR count). The van der Waals surface area contributed by atoms with E-state index in [1.54, 1.807) is 0 Å². The van der Waals surface area contributed by atoms with Crippen molar-refractivity contribution >= 4 is 11.6 Å². The van der Waals surface area contributed by atoms with E-state index in [-0.39, 0.29) is 0 Å². The van der Waals surface area contributed by atoms with Crippen molar-refractivity contribution in [3.8, 4) is 0 Å². The second kappa shape index (κ2) is 6.70. The third-order valence-corrected chi connectivity index (χ3v) is 3.43. The zero-order chi connectivity index (χ0) is 13.7. The van der Waals surface area contributed by atoms with Crippen molar-refractivity contribution in [2.24, 2.45) is 0 Å². The topological polar surface area (TPSA) is 53.1 Å². The lowest BCUT2D eigenvalue weighted by Crippen LogP contribution is -2.35. The highest BCUT2D eigenvalue weighted by Gasteiger charge is 2.17. The van der Waals surface area contributed by atoms with E-state index >= 15 is 0 Å². The number of hydrogen-bond acceptors (Lipinski definition) is 5. The highest BCUT2D eigenvalue weighted by molar-refractivity contribution is 5.49. The molecular weight excluding hydrogens is 238 g/mol. The van der Waals surface area contributed by atoms with Crippen molar-refractivity contribution in [1.29, 1.82) is 0 Å². The second-order valence-corrected chi connectivity index (χ2v) is 5.26. The van der Waals surface area contributed by atoms with Crippen molar-refractivity contribution in [2.75, 3.05) is 36.9 Å². The van der Waals surface area contributed by atoms with Gasteiger partial charge < -0.3 is 15.5 Å². The van der Waals surface area contributed by atoms with Crippen LogP contribution >= 0.6 is 0 Å². The number of nitrogens with zero attached hydrogens (tertiary/aromatic N) is 3. The maximum absolute atomic E-state index is 4.53. The van der Waals surface area contributed by atoms with Gasteiger partial charge in [-0.3, -0.25) is 0 Å². The number of aromatic nitrogens is 2. The predicted molar refractivity (Wildman–Crippen MR) is 79.8 cm³/mol. The molecule has 0 bridgehead atoms. The minimum absolute atomic E-state index is 0.590. The molecule has 2 N–H and O–H groups in total. The van der Waals surface area contributed by atoms with Gasteiger partial charge in [-0.15, -0.1) is 0 Å². The molecule has 2 heterocycles. The Kier molecular flexibility index (Phi) is 4.96. The lowest BCUT2D eigenvalue weighted by Gasteiger charge is -2.23. The van der Waals surface area contributed by atoms with Crippen LogP contribution in [0.2, 0.25) is 0 Å². The smallest absolute Gasteiger partial charge is 0.134 e. The molecule has 0 radical (unpaired) electrons. The minimum atomic E-state index is 0.590. The third-order valence-electron chi connectivity index (χ3n) is 3.43. The van der Waals surface area contributed by atoms with Gasteiger partial charge in [-0.25, -0.2) is 9.97 Å². The SMILES string of the molecule is CCCNc1cc(N(C)CC2CCCN2)nc(C)n1. The zero-order valence-electron chi connectivity index (χ0n) is 12.2. The summed E-state index contributed by atoms with van der Waals surface area (Å²) in [6.45, 7) is 7.19. The van der Waals surface area contributed by atoms with Crippen molar-refractivity contribution in [1.82, 2.24) is 15.3 Å². The van der Waals surface area contributed by atoms with Crippen LogP contribution in [0.25, 0.3) is 0 Å². The Morgan fingerprint density at radius 2 is 2.32 bits per heavy atom. The first kappa shape index (κ1) is 14.1. The molecule has 1 aliphatic rings. The summed E-state index contributed by atoms with van der Waals surface area (Å²) in [6, 6.07) is 2.63. The average molecular weight is 263 g/mol. The van der Waals surface area contributed by atoms with Crippen LogP contribution in [0.3, 0.4) is 0 Å². The number of rotatable bonds is 6. The summed E-state index contributed by atoms with van der Waals surface area (Å²) in [5.74, 6) is 2.75. The van der Waals surface area contributed by atoms with E-state index in [1.165, 1.54) is 12.8 Å². The molecule has 1 aliphatic heterocycles. The second-order valence-electron chi connectivity index (χ2n) is 5.26. The summed E-state index contributed by atoms with van der Waals surface area (Å²) in [5.41, 5.74) is 0. The van der Waals surface area contributed by atoms with Crippen LogP contribution < -0.4 is 15.5 Å². The number of nitrogens with one attached hydrogen (secondary N) is 2. The molecule has 5 heteroatoms. The fraction of sp³-hybridized carbons (Fsp3) is 0.714. The number of hydrogen-bond donors (Lipinski definition) is 2. The molecule has 0 saturated carbocycles. The van der Waals surface area contributed by atoms with Crippen molar-refractivity contribution in [3.05, 3.63) is 11.9 Å². The molecule has 1 saturated heterocycles. The van der Waals surface area contributed by atoms with Gasteiger partial charge >= 0.3 is 0 Å². The summed E-state index contributed by atoms with van der Waals surface area (Å²) >= 11 is 0. The molecule has 0 spiro atoms. The third kappa shape index (κ3) is 4.06. The first-order valence-electron chi connectivity index (χ1n) is 7.23. The standard InChI is InChI=1S/C14H25N5/c1-4-7-16-13-9-14(18-11(2)17-13)19(3)10-12-6-5-8-15-12/h9,12,15H,4-8,10H2,1-3H3,(H,16,17,18). The highest BCUT2D eigenvalue weighted by atomic mass is 15.2. The number of aryl methyl sites for hydroxylation is 1. The Morgan fingerprint density at radius 3 is 3.00 bits per heavy atom. The fourth-order valence-corrected chi connectivity index (χ4v) is 2.43. The first-order valence-corrected chi connectivity index (χ1v) is 7.23. The molecule has 5 nitrogen and oxygen atoms in total. The van der Waals surface area contributed by atoms with Gasteiger partial charge in [0.15, 0.2) is 0 Å². The van der Waals surface area contributed by atoms with Gasteiger partial charge in [0, 0.05) is 32.2 Å². The minimum Gasteiger partial charge on any atom is -0.370 e.